The predicted octanol–water partition coefficient (Wildman–Crippen LogP) is 2.91. The Hall–Kier alpha value is -3.73. The van der Waals surface area contributed by atoms with Crippen molar-refractivity contribution >= 4 is 26.7 Å². The van der Waals surface area contributed by atoms with Crippen molar-refractivity contribution in [3.8, 4) is 11.4 Å². The Morgan fingerprint density at radius 2 is 2.00 bits per heavy atom. The molecule has 0 aliphatic carbocycles. The van der Waals surface area contributed by atoms with Gasteiger partial charge in [-0.15, -0.1) is 5.11 Å². The third-order valence-electron chi connectivity index (χ3n) is 4.24. The van der Waals surface area contributed by atoms with Crippen molar-refractivity contribution in [3.63, 3.8) is 0 Å². The molecule has 0 amide bonds. The first kappa shape index (κ1) is 19.6. The van der Waals surface area contributed by atoms with E-state index in [2.05, 4.69) is 30.3 Å². The van der Waals surface area contributed by atoms with Gasteiger partial charge < -0.3 is 4.74 Å². The molecule has 0 aliphatic rings. The van der Waals surface area contributed by atoms with Crippen molar-refractivity contribution < 1.29 is 13.2 Å². The number of fused-ring (bicyclic) bond motifs is 1. The largest absolute Gasteiger partial charge is 0.497 e. The number of hydrogen-bond donors (Lipinski definition) is 0. The summed E-state index contributed by atoms with van der Waals surface area (Å²) in [7, 11) is -1.78. The van der Waals surface area contributed by atoms with Crippen LogP contribution in [0.4, 0.5) is 5.82 Å². The van der Waals surface area contributed by atoms with E-state index in [-0.39, 0.29) is 11.6 Å². The summed E-state index contributed by atoms with van der Waals surface area (Å²) in [4.78, 5) is 12.3. The molecule has 3 heterocycles. The molecule has 0 unspecified atom stereocenters. The molecule has 0 fully saturated rings. The predicted molar refractivity (Wildman–Crippen MR) is 109 cm³/mol. The van der Waals surface area contributed by atoms with Gasteiger partial charge in [-0.1, -0.05) is 6.07 Å². The minimum Gasteiger partial charge on any atom is -0.497 e. The summed E-state index contributed by atoms with van der Waals surface area (Å²) in [6.45, 7) is 0.181. The Morgan fingerprint density at radius 3 is 2.80 bits per heavy atom. The summed E-state index contributed by atoms with van der Waals surface area (Å²) in [5, 5.41) is 13.4. The van der Waals surface area contributed by atoms with Crippen LogP contribution in [0.15, 0.2) is 70.4 Å². The van der Waals surface area contributed by atoms with Gasteiger partial charge in [0.15, 0.2) is 26.3 Å². The van der Waals surface area contributed by atoms with Crippen LogP contribution in [-0.4, -0.2) is 46.5 Å². The van der Waals surface area contributed by atoms with E-state index in [0.29, 0.717) is 28.2 Å². The second-order valence-corrected chi connectivity index (χ2v) is 8.33. The molecule has 152 valence electrons. The molecule has 0 aliphatic heterocycles. The molecular weight excluding hydrogens is 406 g/mol. The number of pyridine rings is 1. The van der Waals surface area contributed by atoms with Gasteiger partial charge in [-0.05, 0) is 29.8 Å². The lowest BCUT2D eigenvalue weighted by atomic mass is 10.3. The number of methoxy groups -OCH3 is 1. The van der Waals surface area contributed by atoms with Gasteiger partial charge in [-0.3, -0.25) is 0 Å². The van der Waals surface area contributed by atoms with Crippen molar-refractivity contribution in [2.45, 2.75) is 11.6 Å². The first-order chi connectivity index (χ1) is 14.5. The van der Waals surface area contributed by atoms with Crippen molar-refractivity contribution in [2.75, 3.05) is 13.4 Å². The van der Waals surface area contributed by atoms with Crippen LogP contribution >= 0.6 is 0 Å². The van der Waals surface area contributed by atoms with Crippen LogP contribution in [0.2, 0.25) is 0 Å². The number of azo groups is 1. The molecule has 0 bridgehead atoms. The van der Waals surface area contributed by atoms with E-state index in [1.165, 1.54) is 18.6 Å². The van der Waals surface area contributed by atoms with Gasteiger partial charge in [0.05, 0.1) is 30.9 Å². The van der Waals surface area contributed by atoms with Gasteiger partial charge in [-0.25, -0.2) is 28.1 Å². The summed E-state index contributed by atoms with van der Waals surface area (Å²) in [6.07, 6.45) is 5.56. The van der Waals surface area contributed by atoms with E-state index in [9.17, 15) is 8.42 Å². The van der Waals surface area contributed by atoms with Gasteiger partial charge in [0.2, 0.25) is 0 Å². The highest BCUT2D eigenvalue weighted by Gasteiger charge is 2.12. The van der Waals surface area contributed by atoms with Crippen LogP contribution in [-0.2, 0) is 16.4 Å². The number of benzene rings is 1. The summed E-state index contributed by atoms with van der Waals surface area (Å²) in [5.74, 6) is 1.07. The summed E-state index contributed by atoms with van der Waals surface area (Å²) < 4.78 is 30.2. The number of aromatic nitrogens is 5. The zero-order valence-electron chi connectivity index (χ0n) is 16.2. The molecule has 4 rings (SSSR count). The fraction of sp³-hybridized carbons (Fsp3) is 0.158. The van der Waals surface area contributed by atoms with Gasteiger partial charge in [0, 0.05) is 18.5 Å². The average molecular weight is 423 g/mol. The minimum atomic E-state index is -3.38. The molecule has 10 nitrogen and oxygen atoms in total. The number of ether oxygens (including phenoxy) is 1. The van der Waals surface area contributed by atoms with Crippen LogP contribution in [0.1, 0.15) is 5.56 Å². The molecule has 0 saturated heterocycles. The van der Waals surface area contributed by atoms with Crippen molar-refractivity contribution in [1.82, 2.24) is 24.7 Å². The fourth-order valence-electron chi connectivity index (χ4n) is 2.78. The van der Waals surface area contributed by atoms with Gasteiger partial charge in [0.1, 0.15) is 12.1 Å². The van der Waals surface area contributed by atoms with E-state index in [4.69, 9.17) is 4.74 Å². The second-order valence-electron chi connectivity index (χ2n) is 6.37. The van der Waals surface area contributed by atoms with E-state index in [1.54, 1.807) is 24.1 Å². The van der Waals surface area contributed by atoms with Crippen molar-refractivity contribution in [3.05, 3.63) is 60.7 Å². The molecule has 1 aromatic carbocycles. The molecule has 0 N–H and O–H groups in total. The summed E-state index contributed by atoms with van der Waals surface area (Å²) in [5.41, 5.74) is 2.04. The molecular formula is C19H17N7O3S. The highest BCUT2D eigenvalue weighted by Crippen LogP contribution is 2.25. The van der Waals surface area contributed by atoms with Gasteiger partial charge in [-0.2, -0.15) is 10.2 Å². The standard InChI is InChI=1S/C19H17N7O3S/c1-29-15-5-3-4-14(9-15)26-19-16(11-24-26)18(21-12-22-19)25-23-10-13-6-7-20-17(8-13)30(2,27)28/h3-9,11-12H,10H2,1-2H3. The van der Waals surface area contributed by atoms with Gasteiger partial charge in [0.25, 0.3) is 0 Å². The van der Waals surface area contributed by atoms with Crippen LogP contribution in [0.5, 0.6) is 5.75 Å². The zero-order valence-corrected chi connectivity index (χ0v) is 17.0. The van der Waals surface area contributed by atoms with E-state index < -0.39 is 9.84 Å². The maximum absolute atomic E-state index is 11.6. The lowest BCUT2D eigenvalue weighted by Gasteiger charge is -2.05. The first-order valence-electron chi connectivity index (χ1n) is 8.81. The van der Waals surface area contributed by atoms with E-state index in [1.807, 2.05) is 24.3 Å². The Bertz CT molecular complexity index is 1350. The lowest BCUT2D eigenvalue weighted by molar-refractivity contribution is 0.414. The van der Waals surface area contributed by atoms with E-state index >= 15 is 0 Å². The minimum absolute atomic E-state index is 0.000748. The highest BCUT2D eigenvalue weighted by atomic mass is 32.2. The van der Waals surface area contributed by atoms with Crippen LogP contribution in [0.25, 0.3) is 16.7 Å². The van der Waals surface area contributed by atoms with Crippen LogP contribution in [0, 0.1) is 0 Å². The smallest absolute Gasteiger partial charge is 0.192 e. The third-order valence-corrected chi connectivity index (χ3v) is 5.22. The van der Waals surface area contributed by atoms with Crippen LogP contribution in [0.3, 0.4) is 0 Å². The second kappa shape index (κ2) is 7.95. The summed E-state index contributed by atoms with van der Waals surface area (Å²) in [6, 6.07) is 10.6. The maximum Gasteiger partial charge on any atom is 0.192 e. The molecule has 11 heteroatoms. The van der Waals surface area contributed by atoms with Crippen molar-refractivity contribution in [2.24, 2.45) is 10.2 Å². The molecule has 0 radical (unpaired) electrons. The number of rotatable bonds is 6. The molecule has 0 saturated carbocycles. The SMILES string of the molecule is COc1cccc(-n2ncc3c(N=NCc4ccnc(S(C)(=O)=O)c4)ncnc32)c1. The summed E-state index contributed by atoms with van der Waals surface area (Å²) >= 11 is 0. The maximum atomic E-state index is 11.6. The molecule has 0 spiro atoms. The average Bonchev–Trinajstić information content (AvgIpc) is 3.18. The Balaban J connectivity index is 1.62. The Morgan fingerprint density at radius 1 is 1.13 bits per heavy atom. The number of hydrogen-bond acceptors (Lipinski definition) is 9. The fourth-order valence-corrected chi connectivity index (χ4v) is 3.40. The number of nitrogens with zero attached hydrogens (tertiary/aromatic N) is 7. The molecule has 3 aromatic heterocycles. The van der Waals surface area contributed by atoms with Crippen LogP contribution < -0.4 is 4.74 Å². The quantitative estimate of drug-likeness (QED) is 0.437. The zero-order chi connectivity index (χ0) is 21.1. The Kier molecular flexibility index (Phi) is 5.19. The molecule has 0 atom stereocenters. The molecule has 30 heavy (non-hydrogen) atoms. The number of sulfone groups is 1. The van der Waals surface area contributed by atoms with E-state index in [0.717, 1.165) is 11.9 Å². The normalized spacial score (nSPS) is 11.9. The van der Waals surface area contributed by atoms with Gasteiger partial charge >= 0.3 is 0 Å². The first-order valence-corrected chi connectivity index (χ1v) is 10.7. The monoisotopic (exact) mass is 423 g/mol. The molecule has 4 aromatic rings. The third kappa shape index (κ3) is 4.01. The van der Waals surface area contributed by atoms with Crippen molar-refractivity contribution in [1.29, 1.82) is 0 Å². The lowest BCUT2D eigenvalue weighted by Crippen LogP contribution is -2.00. The topological polar surface area (TPSA) is 125 Å². The highest BCUT2D eigenvalue weighted by molar-refractivity contribution is 7.90. The Labute approximate surface area is 172 Å².